The minimum Gasteiger partial charge on any atom is -0.293 e. The second-order valence-electron chi connectivity index (χ2n) is 4.18. The average Bonchev–Trinajstić information content (AvgIpc) is 2.27. The molecule has 2 nitrogen and oxygen atoms in total. The fourth-order valence-electron chi connectivity index (χ4n) is 1.69. The Kier molecular flexibility index (Phi) is 2.22. The summed E-state index contributed by atoms with van der Waals surface area (Å²) in [5.41, 5.74) is 1.11. The van der Waals surface area contributed by atoms with Gasteiger partial charge < -0.3 is 0 Å². The van der Waals surface area contributed by atoms with Crippen molar-refractivity contribution in [2.24, 2.45) is 5.41 Å². The van der Waals surface area contributed by atoms with Crippen LogP contribution in [0, 0.1) is 8.43 Å². The fourth-order valence-corrected chi connectivity index (χ4v) is 3.39. The number of rotatable bonds is 0. The number of ketones is 1. The fraction of sp³-hybridized carbons (Fsp3) is 0.556. The van der Waals surface area contributed by atoms with Crippen LogP contribution in [0.15, 0.2) is 0 Å². The van der Waals surface area contributed by atoms with Crippen LogP contribution < -0.4 is 0 Å². The third-order valence-electron chi connectivity index (χ3n) is 2.21. The average molecular weight is 307 g/mol. The zero-order chi connectivity index (χ0) is 9.64. The maximum Gasteiger partial charge on any atom is 0.175 e. The van der Waals surface area contributed by atoms with E-state index in [2.05, 4.69) is 41.4 Å². The molecule has 1 aromatic heterocycles. The highest BCUT2D eigenvalue weighted by atomic mass is 127. The monoisotopic (exact) mass is 307 g/mol. The van der Waals surface area contributed by atoms with Crippen molar-refractivity contribution in [3.63, 3.8) is 0 Å². The van der Waals surface area contributed by atoms with E-state index in [0.29, 0.717) is 6.42 Å². The first-order valence-corrected chi connectivity index (χ1v) is 6.06. The Hall–Kier alpha value is 0.0300. The van der Waals surface area contributed by atoms with E-state index in [-0.39, 0.29) is 11.2 Å². The molecule has 0 saturated heterocycles. The Morgan fingerprint density at radius 3 is 2.85 bits per heavy atom. The van der Waals surface area contributed by atoms with Gasteiger partial charge in [0, 0.05) is 6.42 Å². The van der Waals surface area contributed by atoms with Crippen molar-refractivity contribution < 1.29 is 4.79 Å². The van der Waals surface area contributed by atoms with E-state index in [9.17, 15) is 4.79 Å². The summed E-state index contributed by atoms with van der Waals surface area (Å²) in [5, 5.41) is 0. The van der Waals surface area contributed by atoms with E-state index in [0.717, 1.165) is 20.0 Å². The quantitative estimate of drug-likeness (QED) is 0.690. The smallest absolute Gasteiger partial charge is 0.175 e. The van der Waals surface area contributed by atoms with Crippen LogP contribution in [0.5, 0.6) is 0 Å². The Morgan fingerprint density at radius 2 is 2.15 bits per heavy atom. The van der Waals surface area contributed by atoms with Crippen molar-refractivity contribution in [2.45, 2.75) is 26.7 Å². The van der Waals surface area contributed by atoms with Crippen LogP contribution in [0.25, 0.3) is 0 Å². The van der Waals surface area contributed by atoms with Crippen molar-refractivity contribution in [3.05, 3.63) is 13.6 Å². The lowest BCUT2D eigenvalue weighted by Gasteiger charge is -2.26. The van der Waals surface area contributed by atoms with Crippen LogP contribution in [-0.4, -0.2) is 10.8 Å². The van der Waals surface area contributed by atoms with Gasteiger partial charge in [-0.25, -0.2) is 4.98 Å². The van der Waals surface area contributed by atoms with Gasteiger partial charge in [0.15, 0.2) is 8.80 Å². The highest BCUT2D eigenvalue weighted by molar-refractivity contribution is 14.1. The van der Waals surface area contributed by atoms with Gasteiger partial charge in [0.1, 0.15) is 0 Å². The van der Waals surface area contributed by atoms with Crippen LogP contribution >= 0.6 is 33.9 Å². The molecule has 0 aliphatic heterocycles. The summed E-state index contributed by atoms with van der Waals surface area (Å²) in [4.78, 5) is 17.0. The lowest BCUT2D eigenvalue weighted by Crippen LogP contribution is -2.25. The third kappa shape index (κ3) is 1.79. The van der Waals surface area contributed by atoms with Crippen LogP contribution in [0.4, 0.5) is 0 Å². The lowest BCUT2D eigenvalue weighted by atomic mass is 9.78. The van der Waals surface area contributed by atoms with Crippen molar-refractivity contribution in [1.82, 2.24) is 4.98 Å². The molecule has 0 radical (unpaired) electrons. The zero-order valence-electron chi connectivity index (χ0n) is 7.56. The Balaban J connectivity index is 2.48. The van der Waals surface area contributed by atoms with Gasteiger partial charge in [0.25, 0.3) is 0 Å². The van der Waals surface area contributed by atoms with E-state index >= 15 is 0 Å². The van der Waals surface area contributed by atoms with Gasteiger partial charge in [-0.15, -0.1) is 11.3 Å². The third-order valence-corrected chi connectivity index (χ3v) is 4.04. The van der Waals surface area contributed by atoms with Gasteiger partial charge in [-0.3, -0.25) is 4.79 Å². The van der Waals surface area contributed by atoms with E-state index in [4.69, 9.17) is 0 Å². The number of hydrogen-bond donors (Lipinski definition) is 0. The highest BCUT2D eigenvalue weighted by Gasteiger charge is 2.33. The zero-order valence-corrected chi connectivity index (χ0v) is 10.5. The van der Waals surface area contributed by atoms with Gasteiger partial charge in [-0.05, 0) is 34.4 Å². The largest absolute Gasteiger partial charge is 0.293 e. The number of fused-ring (bicyclic) bond motifs is 1. The van der Waals surface area contributed by atoms with Crippen molar-refractivity contribution in [3.8, 4) is 0 Å². The van der Waals surface area contributed by atoms with E-state index in [1.165, 1.54) is 11.3 Å². The number of Topliss-reactive ketones (excluding diaryl/α,β-unsaturated/α-hetero) is 1. The Labute approximate surface area is 94.9 Å². The van der Waals surface area contributed by atoms with Gasteiger partial charge in [0.2, 0.25) is 0 Å². The number of hydrogen-bond acceptors (Lipinski definition) is 3. The predicted octanol–water partition coefficient (Wildman–Crippen LogP) is 2.90. The second kappa shape index (κ2) is 3.02. The molecule has 0 amide bonds. The Morgan fingerprint density at radius 1 is 1.46 bits per heavy atom. The molecule has 0 fully saturated rings. The number of nitrogens with zero attached hydrogens (tertiary/aromatic N) is 1. The highest BCUT2D eigenvalue weighted by Crippen LogP contribution is 2.36. The van der Waals surface area contributed by atoms with Crippen LogP contribution in [0.1, 0.15) is 35.6 Å². The summed E-state index contributed by atoms with van der Waals surface area (Å²) in [5.74, 6) is 0.270. The lowest BCUT2D eigenvalue weighted by molar-refractivity contribution is 0.0916. The maximum atomic E-state index is 11.7. The molecule has 0 unspecified atom stereocenters. The van der Waals surface area contributed by atoms with E-state index < -0.39 is 0 Å². The summed E-state index contributed by atoms with van der Waals surface area (Å²) in [6.45, 7) is 4.25. The minimum absolute atomic E-state index is 0.0984. The molecule has 2 rings (SSSR count). The SMILES string of the molecule is CC1(C)CC(=O)c2sc(I)nc2C1. The Bertz CT molecular complexity index is 370. The van der Waals surface area contributed by atoms with Crippen LogP contribution in [0.2, 0.25) is 0 Å². The van der Waals surface area contributed by atoms with Gasteiger partial charge in [-0.1, -0.05) is 13.8 Å². The van der Waals surface area contributed by atoms with Crippen LogP contribution in [-0.2, 0) is 6.42 Å². The van der Waals surface area contributed by atoms with Gasteiger partial charge >= 0.3 is 0 Å². The number of aromatic nitrogens is 1. The van der Waals surface area contributed by atoms with E-state index in [1.54, 1.807) is 0 Å². The molecule has 1 heterocycles. The molecule has 0 spiro atoms. The first-order chi connectivity index (χ1) is 5.98. The van der Waals surface area contributed by atoms with Crippen molar-refractivity contribution in [1.29, 1.82) is 0 Å². The molecule has 0 N–H and O–H groups in total. The van der Waals surface area contributed by atoms with Crippen LogP contribution in [0.3, 0.4) is 0 Å². The number of thiazole rings is 1. The summed E-state index contributed by atoms with van der Waals surface area (Å²) < 4.78 is 0.980. The molecule has 1 aromatic rings. The molecular formula is C9H10INOS. The van der Waals surface area contributed by atoms with Gasteiger partial charge in [0.05, 0.1) is 10.6 Å². The van der Waals surface area contributed by atoms with Crippen molar-refractivity contribution in [2.75, 3.05) is 0 Å². The standard InChI is InChI=1S/C9H10INOS/c1-9(2)3-5-7(6(12)4-9)13-8(10)11-5/h3-4H2,1-2H3. The molecule has 1 aliphatic carbocycles. The van der Waals surface area contributed by atoms with E-state index in [1.807, 2.05) is 0 Å². The molecule has 4 heteroatoms. The predicted molar refractivity (Wildman–Crippen MR) is 61.3 cm³/mol. The molecule has 0 saturated carbocycles. The molecule has 1 aliphatic rings. The van der Waals surface area contributed by atoms with Crippen molar-refractivity contribution >= 4 is 39.7 Å². The number of carbonyl (C=O) groups is 1. The second-order valence-corrected chi connectivity index (χ2v) is 6.94. The normalized spacial score (nSPS) is 20.1. The summed E-state index contributed by atoms with van der Waals surface area (Å²) in [7, 11) is 0. The summed E-state index contributed by atoms with van der Waals surface area (Å²) >= 11 is 3.70. The molecule has 13 heavy (non-hydrogen) atoms. The molecule has 70 valence electrons. The number of carbonyl (C=O) groups excluding carboxylic acids is 1. The molecule has 0 aromatic carbocycles. The maximum absolute atomic E-state index is 11.7. The molecule has 0 atom stereocenters. The first kappa shape index (κ1) is 9.58. The summed E-state index contributed by atoms with van der Waals surface area (Å²) in [6, 6.07) is 0. The van der Waals surface area contributed by atoms with Gasteiger partial charge in [-0.2, -0.15) is 0 Å². The first-order valence-electron chi connectivity index (χ1n) is 4.16. The number of halogens is 1. The molecular weight excluding hydrogens is 297 g/mol. The summed E-state index contributed by atoms with van der Waals surface area (Å²) in [6.07, 6.45) is 1.60. The topological polar surface area (TPSA) is 30.0 Å². The minimum atomic E-state index is 0.0984. The molecule has 0 bridgehead atoms.